The molecule has 1 rings (SSSR count). The van der Waals surface area contributed by atoms with Crippen LogP contribution in [0.5, 0.6) is 5.75 Å². The Bertz CT molecular complexity index is 275. The number of benzene rings is 1. The van der Waals surface area contributed by atoms with Gasteiger partial charge in [0.05, 0.1) is 11.1 Å². The fraction of sp³-hybridized carbons (Fsp3) is 0.222. The normalized spacial score (nSPS) is 12.9. The van der Waals surface area contributed by atoms with Crippen molar-refractivity contribution in [2.75, 3.05) is 6.67 Å². The molecule has 0 amide bonds. The van der Waals surface area contributed by atoms with Crippen molar-refractivity contribution in [1.82, 2.24) is 0 Å². The summed E-state index contributed by atoms with van der Waals surface area (Å²) in [5.41, 5.74) is 0.692. The van der Waals surface area contributed by atoms with Crippen molar-refractivity contribution < 1.29 is 9.50 Å². The van der Waals surface area contributed by atoms with E-state index in [0.29, 0.717) is 10.0 Å². The van der Waals surface area contributed by atoms with E-state index in [2.05, 4.69) is 22.9 Å². The van der Waals surface area contributed by atoms with Crippen LogP contribution in [0.1, 0.15) is 11.5 Å². The van der Waals surface area contributed by atoms with Crippen molar-refractivity contribution in [1.29, 1.82) is 0 Å². The molecule has 0 saturated carbocycles. The topological polar surface area (TPSA) is 20.2 Å². The van der Waals surface area contributed by atoms with Crippen LogP contribution in [0.15, 0.2) is 22.7 Å². The smallest absolute Gasteiger partial charge is 0.130 e. The van der Waals surface area contributed by atoms with Gasteiger partial charge in [-0.3, -0.25) is 4.39 Å². The first-order valence-electron chi connectivity index (χ1n) is 3.53. The molecule has 1 nitrogen and oxygen atoms in total. The quantitative estimate of drug-likeness (QED) is 0.830. The van der Waals surface area contributed by atoms with Gasteiger partial charge in [-0.2, -0.15) is 0 Å². The molecule has 1 atom stereocenters. The molecular formula is C9H9BrFO. The van der Waals surface area contributed by atoms with Crippen LogP contribution in [0.4, 0.5) is 4.39 Å². The minimum absolute atomic E-state index is 0.120. The van der Waals surface area contributed by atoms with Crippen molar-refractivity contribution in [3.63, 3.8) is 0 Å². The molecular weight excluding hydrogens is 223 g/mol. The summed E-state index contributed by atoms with van der Waals surface area (Å²) in [6.45, 7) is 3.09. The van der Waals surface area contributed by atoms with Crippen molar-refractivity contribution in [3.8, 4) is 5.75 Å². The first-order valence-corrected chi connectivity index (χ1v) is 4.32. The average molecular weight is 232 g/mol. The Morgan fingerprint density at radius 2 is 2.25 bits per heavy atom. The highest BCUT2D eigenvalue weighted by Gasteiger charge is 2.10. The second kappa shape index (κ2) is 3.90. The number of rotatable bonds is 2. The molecule has 1 aromatic rings. The molecule has 12 heavy (non-hydrogen) atoms. The largest absolute Gasteiger partial charge is 0.507 e. The molecule has 0 aliphatic carbocycles. The first-order chi connectivity index (χ1) is 5.66. The predicted octanol–water partition coefficient (Wildman–Crippen LogP) is 3.04. The molecule has 0 fully saturated rings. The Morgan fingerprint density at radius 1 is 1.58 bits per heavy atom. The molecule has 1 radical (unpaired) electrons. The number of alkyl halides is 1. The van der Waals surface area contributed by atoms with E-state index in [1.807, 2.05) is 0 Å². The zero-order valence-corrected chi connectivity index (χ0v) is 8.01. The van der Waals surface area contributed by atoms with Gasteiger partial charge < -0.3 is 5.11 Å². The monoisotopic (exact) mass is 231 g/mol. The van der Waals surface area contributed by atoms with Crippen LogP contribution in [-0.4, -0.2) is 11.8 Å². The fourth-order valence-electron chi connectivity index (χ4n) is 0.936. The highest BCUT2D eigenvalue weighted by atomic mass is 79.9. The van der Waals surface area contributed by atoms with E-state index < -0.39 is 12.6 Å². The molecule has 1 unspecified atom stereocenters. The fourth-order valence-corrected chi connectivity index (χ4v) is 1.52. The summed E-state index contributed by atoms with van der Waals surface area (Å²) in [5, 5.41) is 9.25. The zero-order chi connectivity index (χ0) is 9.14. The van der Waals surface area contributed by atoms with Crippen LogP contribution >= 0.6 is 15.9 Å². The Morgan fingerprint density at radius 3 is 2.83 bits per heavy atom. The molecule has 0 aromatic heterocycles. The lowest BCUT2D eigenvalue weighted by atomic mass is 10.0. The zero-order valence-electron chi connectivity index (χ0n) is 6.43. The number of halogens is 2. The summed E-state index contributed by atoms with van der Waals surface area (Å²) >= 11 is 3.16. The van der Waals surface area contributed by atoms with E-state index in [0.717, 1.165) is 0 Å². The Balaban J connectivity index is 3.07. The SMILES string of the molecule is [CH2]C(CF)c1cccc(O)c1Br. The van der Waals surface area contributed by atoms with E-state index in [1.165, 1.54) is 0 Å². The van der Waals surface area contributed by atoms with E-state index in [1.54, 1.807) is 18.2 Å². The highest BCUT2D eigenvalue weighted by molar-refractivity contribution is 9.10. The summed E-state index contributed by atoms with van der Waals surface area (Å²) in [4.78, 5) is 0. The van der Waals surface area contributed by atoms with E-state index in [4.69, 9.17) is 0 Å². The maximum atomic E-state index is 12.2. The van der Waals surface area contributed by atoms with Gasteiger partial charge in [-0.1, -0.05) is 12.1 Å². The molecule has 0 aliphatic rings. The van der Waals surface area contributed by atoms with Crippen LogP contribution in [0.2, 0.25) is 0 Å². The summed E-state index contributed by atoms with van der Waals surface area (Å²) in [6, 6.07) is 4.95. The van der Waals surface area contributed by atoms with Crippen LogP contribution in [0.3, 0.4) is 0 Å². The Kier molecular flexibility index (Phi) is 3.09. The number of aromatic hydroxyl groups is 1. The Labute approximate surface area is 79.4 Å². The Hall–Kier alpha value is -0.570. The van der Waals surface area contributed by atoms with Gasteiger partial charge in [0.15, 0.2) is 0 Å². The molecule has 0 spiro atoms. The molecule has 1 aromatic carbocycles. The van der Waals surface area contributed by atoms with Crippen molar-refractivity contribution in [2.45, 2.75) is 5.92 Å². The van der Waals surface area contributed by atoms with Crippen LogP contribution in [0, 0.1) is 6.92 Å². The number of hydrogen-bond donors (Lipinski definition) is 1. The van der Waals surface area contributed by atoms with Crippen molar-refractivity contribution >= 4 is 15.9 Å². The van der Waals surface area contributed by atoms with Crippen LogP contribution in [-0.2, 0) is 0 Å². The van der Waals surface area contributed by atoms with Gasteiger partial charge in [0, 0.05) is 5.92 Å². The van der Waals surface area contributed by atoms with Crippen LogP contribution in [0.25, 0.3) is 0 Å². The lowest BCUT2D eigenvalue weighted by Gasteiger charge is -2.09. The van der Waals surface area contributed by atoms with Gasteiger partial charge in [-0.05, 0) is 34.5 Å². The molecule has 0 saturated heterocycles. The highest BCUT2D eigenvalue weighted by Crippen LogP contribution is 2.31. The van der Waals surface area contributed by atoms with E-state index in [9.17, 15) is 9.50 Å². The minimum Gasteiger partial charge on any atom is -0.507 e. The third kappa shape index (κ3) is 1.78. The van der Waals surface area contributed by atoms with Gasteiger partial charge in [0.1, 0.15) is 5.75 Å². The van der Waals surface area contributed by atoms with E-state index in [-0.39, 0.29) is 5.75 Å². The van der Waals surface area contributed by atoms with Crippen LogP contribution < -0.4 is 0 Å². The molecule has 1 N–H and O–H groups in total. The predicted molar refractivity (Wildman–Crippen MR) is 49.9 cm³/mol. The van der Waals surface area contributed by atoms with Gasteiger partial charge in [-0.15, -0.1) is 0 Å². The summed E-state index contributed by atoms with van der Waals surface area (Å²) in [7, 11) is 0. The van der Waals surface area contributed by atoms with Gasteiger partial charge in [-0.25, -0.2) is 0 Å². The third-order valence-corrected chi connectivity index (χ3v) is 2.50. The average Bonchev–Trinajstić information content (AvgIpc) is 2.08. The standard InChI is InChI=1S/C9H9BrFO/c1-6(5-11)7-3-2-4-8(12)9(7)10/h2-4,6,12H,1,5H2. The van der Waals surface area contributed by atoms with E-state index >= 15 is 0 Å². The molecule has 0 bridgehead atoms. The summed E-state index contributed by atoms with van der Waals surface area (Å²) < 4.78 is 12.7. The second-order valence-corrected chi connectivity index (χ2v) is 3.32. The maximum absolute atomic E-state index is 12.2. The number of phenolic OH excluding ortho intramolecular Hbond substituents is 1. The second-order valence-electron chi connectivity index (χ2n) is 2.53. The van der Waals surface area contributed by atoms with Crippen molar-refractivity contribution in [2.24, 2.45) is 0 Å². The summed E-state index contributed by atoms with van der Waals surface area (Å²) in [6.07, 6.45) is 0. The lowest BCUT2D eigenvalue weighted by molar-refractivity contribution is 0.455. The molecule has 3 heteroatoms. The molecule has 0 aliphatic heterocycles. The van der Waals surface area contributed by atoms with Gasteiger partial charge >= 0.3 is 0 Å². The van der Waals surface area contributed by atoms with Crippen molar-refractivity contribution in [3.05, 3.63) is 35.2 Å². The molecule has 0 heterocycles. The lowest BCUT2D eigenvalue weighted by Crippen LogP contribution is -1.96. The minimum atomic E-state index is -0.526. The maximum Gasteiger partial charge on any atom is 0.130 e. The summed E-state index contributed by atoms with van der Waals surface area (Å²) in [5.74, 6) is -0.305. The number of phenols is 1. The third-order valence-electron chi connectivity index (χ3n) is 1.63. The van der Waals surface area contributed by atoms with Gasteiger partial charge in [0.25, 0.3) is 0 Å². The first kappa shape index (κ1) is 9.52. The van der Waals surface area contributed by atoms with Gasteiger partial charge in [0.2, 0.25) is 0 Å². The molecule has 65 valence electrons. The number of hydrogen-bond acceptors (Lipinski definition) is 1.